The summed E-state index contributed by atoms with van der Waals surface area (Å²) in [6.45, 7) is 1.84. The van der Waals surface area contributed by atoms with E-state index in [0.29, 0.717) is 0 Å². The summed E-state index contributed by atoms with van der Waals surface area (Å²) < 4.78 is 5.42. The second-order valence-electron chi connectivity index (χ2n) is 1.26. The Hall–Kier alpha value is -0.350. The zero-order valence-corrected chi connectivity index (χ0v) is 6.10. The number of hydrogen-bond donors (Lipinski definition) is 1. The molecule has 3 N–H and O–H groups in total. The molecule has 0 bridgehead atoms. The number of nitrogens with zero attached hydrogens (tertiary/aromatic N) is 1. The van der Waals surface area contributed by atoms with E-state index < -0.39 is 0 Å². The van der Waals surface area contributed by atoms with Gasteiger partial charge in [-0.25, -0.2) is 0 Å². The molecule has 0 aliphatic carbocycles. The molecule has 3 nitrogen and oxygen atoms in total. The Balaban J connectivity index is 0.000000490. The molecule has 1 rings (SSSR count). The van der Waals surface area contributed by atoms with Gasteiger partial charge in [-0.15, -0.1) is 0 Å². The van der Waals surface area contributed by atoms with Crippen LogP contribution in [-0.2, 0) is 0 Å². The van der Waals surface area contributed by atoms with Gasteiger partial charge in [0.15, 0.2) is 0 Å². The van der Waals surface area contributed by atoms with E-state index in [-0.39, 0.29) is 6.15 Å². The van der Waals surface area contributed by atoms with Gasteiger partial charge >= 0.3 is 0 Å². The number of halogens is 1. The molecule has 0 aliphatic rings. The lowest BCUT2D eigenvalue weighted by atomic mass is 10.5. The van der Waals surface area contributed by atoms with E-state index in [1.807, 2.05) is 6.92 Å². The standard InChI is InChI=1S/C4H4BrNO.H3N/c1-3-2-4(5)6-7-3;/h2H,1H3;1H3. The van der Waals surface area contributed by atoms with Gasteiger partial charge in [-0.1, -0.05) is 5.16 Å². The molecule has 1 aromatic heterocycles. The fraction of sp³-hybridized carbons (Fsp3) is 0.250. The number of aromatic nitrogens is 1. The maximum absolute atomic E-state index is 4.67. The molecule has 0 fully saturated rings. The lowest BCUT2D eigenvalue weighted by Crippen LogP contribution is -1.51. The van der Waals surface area contributed by atoms with Crippen molar-refractivity contribution in [1.29, 1.82) is 0 Å². The van der Waals surface area contributed by atoms with Crippen LogP contribution in [0.5, 0.6) is 0 Å². The molecule has 0 unspecified atom stereocenters. The molecular weight excluding hydrogens is 172 g/mol. The van der Waals surface area contributed by atoms with Gasteiger partial charge in [0.2, 0.25) is 0 Å². The Labute approximate surface area is 55.8 Å². The summed E-state index contributed by atoms with van der Waals surface area (Å²) in [4.78, 5) is 0. The van der Waals surface area contributed by atoms with Crippen LogP contribution in [0.1, 0.15) is 5.76 Å². The van der Waals surface area contributed by atoms with Crippen LogP contribution in [0.4, 0.5) is 0 Å². The smallest absolute Gasteiger partial charge is 0.149 e. The van der Waals surface area contributed by atoms with Crippen LogP contribution < -0.4 is 6.15 Å². The van der Waals surface area contributed by atoms with E-state index in [9.17, 15) is 0 Å². The van der Waals surface area contributed by atoms with Crippen molar-refractivity contribution in [2.24, 2.45) is 0 Å². The van der Waals surface area contributed by atoms with E-state index in [2.05, 4.69) is 25.6 Å². The summed E-state index contributed by atoms with van der Waals surface area (Å²) in [5.74, 6) is 0.826. The van der Waals surface area contributed by atoms with Crippen LogP contribution in [-0.4, -0.2) is 5.16 Å². The lowest BCUT2D eigenvalue weighted by molar-refractivity contribution is 0.394. The summed E-state index contributed by atoms with van der Waals surface area (Å²) in [7, 11) is 0. The Bertz CT molecular complexity index is 146. The van der Waals surface area contributed by atoms with Crippen molar-refractivity contribution < 1.29 is 4.52 Å². The molecule has 0 aromatic carbocycles. The first-order valence-corrected chi connectivity index (χ1v) is 2.67. The highest BCUT2D eigenvalue weighted by molar-refractivity contribution is 9.10. The maximum Gasteiger partial charge on any atom is 0.149 e. The van der Waals surface area contributed by atoms with Crippen molar-refractivity contribution >= 4 is 15.9 Å². The van der Waals surface area contributed by atoms with Gasteiger partial charge in [-0.2, -0.15) is 0 Å². The third kappa shape index (κ3) is 1.63. The molecule has 0 saturated heterocycles. The zero-order chi connectivity index (χ0) is 5.28. The van der Waals surface area contributed by atoms with Crippen LogP contribution in [0, 0.1) is 6.92 Å². The van der Waals surface area contributed by atoms with E-state index in [4.69, 9.17) is 0 Å². The largest absolute Gasteiger partial charge is 0.361 e. The summed E-state index contributed by atoms with van der Waals surface area (Å²) in [6, 6.07) is 1.81. The minimum Gasteiger partial charge on any atom is -0.361 e. The Morgan fingerprint density at radius 3 is 2.50 bits per heavy atom. The monoisotopic (exact) mass is 178 g/mol. The van der Waals surface area contributed by atoms with Crippen molar-refractivity contribution in [3.63, 3.8) is 0 Å². The third-order valence-electron chi connectivity index (χ3n) is 0.599. The first kappa shape index (κ1) is 7.65. The third-order valence-corrected chi connectivity index (χ3v) is 0.973. The Morgan fingerprint density at radius 1 is 1.75 bits per heavy atom. The number of hydrogen-bond acceptors (Lipinski definition) is 3. The maximum atomic E-state index is 4.67. The highest BCUT2D eigenvalue weighted by Gasteiger charge is 1.90. The van der Waals surface area contributed by atoms with Crippen LogP contribution in [0.15, 0.2) is 15.2 Å². The number of rotatable bonds is 0. The molecule has 0 aliphatic heterocycles. The molecule has 46 valence electrons. The molecular formula is C4H7BrN2O. The summed E-state index contributed by atoms with van der Waals surface area (Å²) in [5, 5.41) is 3.56. The molecule has 0 amide bonds. The molecule has 1 heterocycles. The second-order valence-corrected chi connectivity index (χ2v) is 2.07. The van der Waals surface area contributed by atoms with Gasteiger partial charge in [-0.05, 0) is 22.9 Å². The molecule has 0 atom stereocenters. The minimum atomic E-state index is 0. The van der Waals surface area contributed by atoms with Gasteiger partial charge in [0.1, 0.15) is 10.4 Å². The topological polar surface area (TPSA) is 61.0 Å². The highest BCUT2D eigenvalue weighted by atomic mass is 79.9. The summed E-state index contributed by atoms with van der Waals surface area (Å²) in [6.07, 6.45) is 0. The van der Waals surface area contributed by atoms with E-state index in [0.717, 1.165) is 10.4 Å². The predicted octanol–water partition coefficient (Wildman–Crippen LogP) is 1.91. The van der Waals surface area contributed by atoms with Crippen molar-refractivity contribution in [2.75, 3.05) is 0 Å². The normalized spacial score (nSPS) is 8.25. The Morgan fingerprint density at radius 2 is 2.38 bits per heavy atom. The molecule has 0 radical (unpaired) electrons. The van der Waals surface area contributed by atoms with Gasteiger partial charge in [0.05, 0.1) is 0 Å². The van der Waals surface area contributed by atoms with Crippen LogP contribution in [0.3, 0.4) is 0 Å². The van der Waals surface area contributed by atoms with Crippen molar-refractivity contribution in [3.8, 4) is 0 Å². The fourth-order valence-corrected chi connectivity index (χ4v) is 0.731. The van der Waals surface area contributed by atoms with Crippen molar-refractivity contribution in [3.05, 3.63) is 16.4 Å². The first-order valence-electron chi connectivity index (χ1n) is 1.88. The second kappa shape index (κ2) is 2.84. The summed E-state index contributed by atoms with van der Waals surface area (Å²) in [5.41, 5.74) is 0. The lowest BCUT2D eigenvalue weighted by Gasteiger charge is -1.65. The van der Waals surface area contributed by atoms with E-state index >= 15 is 0 Å². The van der Waals surface area contributed by atoms with Gasteiger partial charge < -0.3 is 10.7 Å². The SMILES string of the molecule is Cc1cc(Br)no1.N. The van der Waals surface area contributed by atoms with Gasteiger partial charge in [0, 0.05) is 6.07 Å². The van der Waals surface area contributed by atoms with E-state index in [1.165, 1.54) is 0 Å². The predicted molar refractivity (Wildman–Crippen MR) is 34.0 cm³/mol. The van der Waals surface area contributed by atoms with E-state index in [1.54, 1.807) is 6.07 Å². The number of aryl methyl sites for hydroxylation is 1. The summed E-state index contributed by atoms with van der Waals surface area (Å²) >= 11 is 3.13. The highest BCUT2D eigenvalue weighted by Crippen LogP contribution is 2.07. The minimum absolute atomic E-state index is 0. The van der Waals surface area contributed by atoms with Crippen molar-refractivity contribution in [2.45, 2.75) is 6.92 Å². The van der Waals surface area contributed by atoms with Gasteiger partial charge in [0.25, 0.3) is 0 Å². The zero-order valence-electron chi connectivity index (χ0n) is 4.52. The average molecular weight is 179 g/mol. The van der Waals surface area contributed by atoms with Crippen LogP contribution in [0.25, 0.3) is 0 Å². The molecule has 4 heteroatoms. The molecule has 1 aromatic rings. The Kier molecular flexibility index (Phi) is 2.71. The average Bonchev–Trinajstić information content (AvgIpc) is 1.87. The quantitative estimate of drug-likeness (QED) is 0.661. The first-order chi connectivity index (χ1) is 3.29. The van der Waals surface area contributed by atoms with Gasteiger partial charge in [-0.3, -0.25) is 0 Å². The van der Waals surface area contributed by atoms with Crippen LogP contribution in [0.2, 0.25) is 0 Å². The molecule has 8 heavy (non-hydrogen) atoms. The molecule has 0 saturated carbocycles. The fourth-order valence-electron chi connectivity index (χ4n) is 0.336. The van der Waals surface area contributed by atoms with Crippen molar-refractivity contribution in [1.82, 2.24) is 11.3 Å². The van der Waals surface area contributed by atoms with Crippen LogP contribution >= 0.6 is 15.9 Å². The molecule has 0 spiro atoms.